The largest absolute Gasteiger partial charge is 0.444 e. The molecule has 0 spiro atoms. The van der Waals surface area contributed by atoms with E-state index in [0.717, 1.165) is 5.56 Å². The number of para-hydroxylation sites is 1. The molecular weight excluding hydrogens is 408 g/mol. The van der Waals surface area contributed by atoms with Gasteiger partial charge in [0, 0.05) is 7.05 Å². The van der Waals surface area contributed by atoms with Crippen LogP contribution in [-0.4, -0.2) is 18.9 Å². The molecule has 1 N–H and O–H groups in total. The molecule has 27 heavy (non-hydrogen) atoms. The minimum absolute atomic E-state index is 0.159. The van der Waals surface area contributed by atoms with Crippen molar-refractivity contribution in [2.75, 3.05) is 11.9 Å². The van der Waals surface area contributed by atoms with E-state index in [2.05, 4.69) is 21.2 Å². The number of amides is 2. The first kappa shape index (κ1) is 18.9. The van der Waals surface area contributed by atoms with Crippen LogP contribution in [0.15, 0.2) is 75.8 Å². The first-order valence-electron chi connectivity index (χ1n) is 8.45. The molecule has 0 aliphatic rings. The van der Waals surface area contributed by atoms with Gasteiger partial charge in [-0.25, -0.2) is 0 Å². The van der Waals surface area contributed by atoms with E-state index in [1.54, 1.807) is 43.4 Å². The van der Waals surface area contributed by atoms with Crippen LogP contribution < -0.4 is 10.2 Å². The molecule has 5 nitrogen and oxygen atoms in total. The van der Waals surface area contributed by atoms with Gasteiger partial charge < -0.3 is 14.6 Å². The van der Waals surface area contributed by atoms with Gasteiger partial charge in [0.1, 0.15) is 0 Å². The molecule has 0 aliphatic carbocycles. The monoisotopic (exact) mass is 426 g/mol. The Morgan fingerprint density at radius 3 is 2.33 bits per heavy atom. The van der Waals surface area contributed by atoms with Gasteiger partial charge in [0.05, 0.1) is 17.3 Å². The van der Waals surface area contributed by atoms with Gasteiger partial charge in [-0.1, -0.05) is 42.5 Å². The number of rotatable bonds is 5. The third-order valence-corrected chi connectivity index (χ3v) is 4.67. The van der Waals surface area contributed by atoms with Crippen molar-refractivity contribution >= 4 is 33.4 Å². The summed E-state index contributed by atoms with van der Waals surface area (Å²) in [7, 11) is 1.62. The highest BCUT2D eigenvalue weighted by Gasteiger charge is 2.22. The molecule has 1 aromatic heterocycles. The Bertz CT molecular complexity index is 953. The Balaban J connectivity index is 1.82. The summed E-state index contributed by atoms with van der Waals surface area (Å²) in [6.45, 7) is 1.92. The minimum Gasteiger partial charge on any atom is -0.444 e. The van der Waals surface area contributed by atoms with Gasteiger partial charge >= 0.3 is 0 Å². The number of hydrogen-bond acceptors (Lipinski definition) is 3. The summed E-state index contributed by atoms with van der Waals surface area (Å²) in [6, 6.07) is 19.8. The molecule has 3 aromatic rings. The number of benzene rings is 2. The van der Waals surface area contributed by atoms with Crippen LogP contribution in [0.2, 0.25) is 0 Å². The molecule has 138 valence electrons. The zero-order valence-corrected chi connectivity index (χ0v) is 16.6. The minimum atomic E-state index is -0.336. The highest BCUT2D eigenvalue weighted by atomic mass is 79.9. The highest BCUT2D eigenvalue weighted by molar-refractivity contribution is 9.10. The van der Waals surface area contributed by atoms with Crippen LogP contribution in [-0.2, 0) is 0 Å². The molecule has 2 amide bonds. The Kier molecular flexibility index (Phi) is 5.76. The first-order chi connectivity index (χ1) is 13.0. The van der Waals surface area contributed by atoms with Gasteiger partial charge in [-0.05, 0) is 52.7 Å². The van der Waals surface area contributed by atoms with Crippen molar-refractivity contribution in [2.45, 2.75) is 13.0 Å². The Labute approximate surface area is 166 Å². The Morgan fingerprint density at radius 2 is 1.67 bits per heavy atom. The SMILES string of the molecule is C[C@@H](NC(=O)c1ccccc1N(C)C(=O)c1ccc(Br)o1)c1ccccc1. The number of nitrogens with zero attached hydrogens (tertiary/aromatic N) is 1. The van der Waals surface area contributed by atoms with E-state index in [0.29, 0.717) is 15.9 Å². The fourth-order valence-electron chi connectivity index (χ4n) is 2.76. The third kappa shape index (κ3) is 4.28. The van der Waals surface area contributed by atoms with E-state index in [-0.39, 0.29) is 23.6 Å². The molecule has 1 atom stereocenters. The standard InChI is InChI=1S/C21H19BrN2O3/c1-14(15-8-4-3-5-9-15)23-20(25)16-10-6-7-11-17(16)24(2)21(26)18-12-13-19(22)27-18/h3-14H,1-2H3,(H,23,25)/t14-/m1/s1. The van der Waals surface area contributed by atoms with Crippen molar-refractivity contribution in [3.63, 3.8) is 0 Å². The summed E-state index contributed by atoms with van der Waals surface area (Å²) in [5, 5.41) is 2.98. The first-order valence-corrected chi connectivity index (χ1v) is 9.25. The number of carbonyl (C=O) groups is 2. The van der Waals surface area contributed by atoms with Gasteiger partial charge in [-0.2, -0.15) is 0 Å². The molecule has 0 saturated carbocycles. The van der Waals surface area contributed by atoms with E-state index in [4.69, 9.17) is 4.42 Å². The average Bonchev–Trinajstić information content (AvgIpc) is 3.13. The summed E-state index contributed by atoms with van der Waals surface area (Å²) < 4.78 is 5.81. The molecule has 3 rings (SSSR count). The van der Waals surface area contributed by atoms with E-state index < -0.39 is 0 Å². The van der Waals surface area contributed by atoms with Crippen LogP contribution in [0.1, 0.15) is 39.4 Å². The van der Waals surface area contributed by atoms with Crippen LogP contribution in [0.3, 0.4) is 0 Å². The van der Waals surface area contributed by atoms with E-state index >= 15 is 0 Å². The zero-order chi connectivity index (χ0) is 19.4. The fraction of sp³-hybridized carbons (Fsp3) is 0.143. The Hall–Kier alpha value is -2.86. The van der Waals surface area contributed by atoms with Crippen LogP contribution in [0.25, 0.3) is 0 Å². The number of furan rings is 1. The maximum absolute atomic E-state index is 12.8. The predicted octanol–water partition coefficient (Wildman–Crippen LogP) is 4.81. The molecule has 0 radical (unpaired) electrons. The van der Waals surface area contributed by atoms with Gasteiger partial charge in [0.2, 0.25) is 0 Å². The average molecular weight is 427 g/mol. The summed E-state index contributed by atoms with van der Waals surface area (Å²) in [5.74, 6) is -0.392. The molecular formula is C21H19BrN2O3. The third-order valence-electron chi connectivity index (χ3n) is 4.25. The van der Waals surface area contributed by atoms with Gasteiger partial charge in [-0.3, -0.25) is 9.59 Å². The lowest BCUT2D eigenvalue weighted by Crippen LogP contribution is -2.31. The van der Waals surface area contributed by atoms with Gasteiger partial charge in [0.15, 0.2) is 10.4 Å². The quantitative estimate of drug-likeness (QED) is 0.636. The second-order valence-corrected chi connectivity index (χ2v) is 6.87. The number of nitrogens with one attached hydrogen (secondary N) is 1. The Morgan fingerprint density at radius 1 is 1.00 bits per heavy atom. The lowest BCUT2D eigenvalue weighted by molar-refractivity contribution is 0.0940. The summed E-state index contributed by atoms with van der Waals surface area (Å²) in [4.78, 5) is 26.9. The van der Waals surface area contributed by atoms with Crippen LogP contribution in [0, 0.1) is 0 Å². The summed E-state index contributed by atoms with van der Waals surface area (Å²) in [6.07, 6.45) is 0. The smallest absolute Gasteiger partial charge is 0.293 e. The van der Waals surface area contributed by atoms with Crippen LogP contribution in [0.5, 0.6) is 0 Å². The van der Waals surface area contributed by atoms with Crippen molar-refractivity contribution in [1.29, 1.82) is 0 Å². The maximum Gasteiger partial charge on any atom is 0.293 e. The zero-order valence-electron chi connectivity index (χ0n) is 15.0. The number of anilines is 1. The normalized spacial score (nSPS) is 11.7. The lowest BCUT2D eigenvalue weighted by Gasteiger charge is -2.21. The molecule has 0 unspecified atom stereocenters. The lowest BCUT2D eigenvalue weighted by atomic mass is 10.1. The topological polar surface area (TPSA) is 62.6 Å². The molecule has 0 aliphatic heterocycles. The molecule has 1 heterocycles. The predicted molar refractivity (Wildman–Crippen MR) is 108 cm³/mol. The van der Waals surface area contributed by atoms with Crippen LogP contribution >= 0.6 is 15.9 Å². The molecule has 0 saturated heterocycles. The second kappa shape index (κ2) is 8.22. The van der Waals surface area contributed by atoms with E-state index in [9.17, 15) is 9.59 Å². The number of carbonyl (C=O) groups excluding carboxylic acids is 2. The number of halogens is 1. The molecule has 2 aromatic carbocycles. The summed E-state index contributed by atoms with van der Waals surface area (Å²) in [5.41, 5.74) is 1.93. The van der Waals surface area contributed by atoms with Crippen LogP contribution in [0.4, 0.5) is 5.69 Å². The van der Waals surface area contributed by atoms with Gasteiger partial charge in [-0.15, -0.1) is 0 Å². The van der Waals surface area contributed by atoms with E-state index in [1.165, 1.54) is 4.90 Å². The molecule has 0 bridgehead atoms. The number of hydrogen-bond donors (Lipinski definition) is 1. The second-order valence-electron chi connectivity index (χ2n) is 6.09. The maximum atomic E-state index is 12.8. The van der Waals surface area contributed by atoms with Crippen molar-refractivity contribution in [3.8, 4) is 0 Å². The van der Waals surface area contributed by atoms with Crippen molar-refractivity contribution < 1.29 is 14.0 Å². The fourth-order valence-corrected chi connectivity index (χ4v) is 3.07. The van der Waals surface area contributed by atoms with Gasteiger partial charge in [0.25, 0.3) is 11.8 Å². The van der Waals surface area contributed by atoms with Crippen molar-refractivity contribution in [2.24, 2.45) is 0 Å². The summed E-state index contributed by atoms with van der Waals surface area (Å²) >= 11 is 3.19. The van der Waals surface area contributed by atoms with Crippen molar-refractivity contribution in [3.05, 3.63) is 88.3 Å². The highest BCUT2D eigenvalue weighted by Crippen LogP contribution is 2.24. The molecule has 0 fully saturated rings. The van der Waals surface area contributed by atoms with E-state index in [1.807, 2.05) is 37.3 Å². The van der Waals surface area contributed by atoms with Crippen molar-refractivity contribution in [1.82, 2.24) is 5.32 Å². The molecule has 6 heteroatoms.